The van der Waals surface area contributed by atoms with Gasteiger partial charge in [0.1, 0.15) is 12.0 Å². The molecule has 0 spiro atoms. The Morgan fingerprint density at radius 3 is 2.80 bits per heavy atom. The highest BCUT2D eigenvalue weighted by molar-refractivity contribution is 5.47. The third-order valence-electron chi connectivity index (χ3n) is 2.24. The van der Waals surface area contributed by atoms with Gasteiger partial charge in [-0.3, -0.25) is 0 Å². The molecule has 2 aliphatic heterocycles. The SMILES string of the molecule is CCNC1=C2C(C(F)(F)F)=CNC2NN1. The third kappa shape index (κ3) is 1.63. The fraction of sp³-hybridized carbons (Fsp3) is 0.500. The molecule has 0 fully saturated rings. The Morgan fingerprint density at radius 1 is 1.47 bits per heavy atom. The molecule has 0 aromatic heterocycles. The Bertz CT molecular complexity index is 331. The van der Waals surface area contributed by atoms with E-state index >= 15 is 0 Å². The standard InChI is InChI=1S/C8H11F3N4/c1-2-12-6-5-4(8(9,10)11)3-13-7(5)15-14-6/h3,7,12-15H,2H2,1H3. The lowest BCUT2D eigenvalue weighted by molar-refractivity contribution is -0.0891. The third-order valence-corrected chi connectivity index (χ3v) is 2.24. The normalized spacial score (nSPS) is 24.5. The minimum Gasteiger partial charge on any atom is -0.371 e. The van der Waals surface area contributed by atoms with E-state index in [1.54, 1.807) is 0 Å². The monoisotopic (exact) mass is 220 g/mol. The van der Waals surface area contributed by atoms with E-state index in [1.807, 2.05) is 6.92 Å². The number of alkyl halides is 3. The van der Waals surface area contributed by atoms with Crippen LogP contribution in [0.25, 0.3) is 0 Å². The Hall–Kier alpha value is -1.37. The average molecular weight is 220 g/mol. The number of rotatable bonds is 2. The molecular weight excluding hydrogens is 209 g/mol. The predicted octanol–water partition coefficient (Wildman–Crippen LogP) is 0.291. The highest BCUT2D eigenvalue weighted by Gasteiger charge is 2.45. The summed E-state index contributed by atoms with van der Waals surface area (Å²) in [6.07, 6.45) is -3.84. The summed E-state index contributed by atoms with van der Waals surface area (Å²) in [5.41, 5.74) is 4.94. The van der Waals surface area contributed by atoms with E-state index in [0.717, 1.165) is 6.20 Å². The van der Waals surface area contributed by atoms with Crippen molar-refractivity contribution in [3.8, 4) is 0 Å². The molecule has 15 heavy (non-hydrogen) atoms. The van der Waals surface area contributed by atoms with Gasteiger partial charge in [-0.05, 0) is 6.92 Å². The van der Waals surface area contributed by atoms with E-state index in [9.17, 15) is 13.2 Å². The van der Waals surface area contributed by atoms with Crippen LogP contribution in [0.4, 0.5) is 13.2 Å². The van der Waals surface area contributed by atoms with Crippen LogP contribution in [-0.4, -0.2) is 18.9 Å². The topological polar surface area (TPSA) is 48.1 Å². The second-order valence-electron chi connectivity index (χ2n) is 3.24. The molecule has 0 saturated carbocycles. The Kier molecular flexibility index (Phi) is 2.26. The first-order chi connectivity index (χ1) is 7.04. The molecule has 0 saturated heterocycles. The summed E-state index contributed by atoms with van der Waals surface area (Å²) < 4.78 is 37.8. The average Bonchev–Trinajstić information content (AvgIpc) is 2.66. The molecule has 1 atom stereocenters. The van der Waals surface area contributed by atoms with E-state index in [1.165, 1.54) is 0 Å². The zero-order valence-corrected chi connectivity index (χ0v) is 8.00. The quantitative estimate of drug-likeness (QED) is 0.540. The largest absolute Gasteiger partial charge is 0.418 e. The van der Waals surface area contributed by atoms with E-state index in [4.69, 9.17) is 0 Å². The zero-order valence-electron chi connectivity index (χ0n) is 8.00. The molecule has 7 heteroatoms. The lowest BCUT2D eigenvalue weighted by atomic mass is 10.1. The maximum absolute atomic E-state index is 12.6. The van der Waals surface area contributed by atoms with Crippen molar-refractivity contribution in [1.82, 2.24) is 21.5 Å². The summed E-state index contributed by atoms with van der Waals surface area (Å²) in [5.74, 6) is 0.385. The van der Waals surface area contributed by atoms with Crippen molar-refractivity contribution in [1.29, 1.82) is 0 Å². The summed E-state index contributed by atoms with van der Waals surface area (Å²) in [6, 6.07) is 0. The van der Waals surface area contributed by atoms with Crippen LogP contribution >= 0.6 is 0 Å². The highest BCUT2D eigenvalue weighted by Crippen LogP contribution is 2.36. The van der Waals surface area contributed by atoms with Gasteiger partial charge in [0.25, 0.3) is 0 Å². The number of hydrogen-bond acceptors (Lipinski definition) is 4. The minimum atomic E-state index is -4.33. The van der Waals surface area contributed by atoms with E-state index in [2.05, 4.69) is 21.5 Å². The van der Waals surface area contributed by atoms with Gasteiger partial charge in [-0.15, -0.1) is 0 Å². The Labute approximate surface area is 84.6 Å². The molecule has 84 valence electrons. The van der Waals surface area contributed by atoms with Crippen LogP contribution in [-0.2, 0) is 0 Å². The molecule has 4 nitrogen and oxygen atoms in total. The molecular formula is C8H11F3N4. The smallest absolute Gasteiger partial charge is 0.371 e. The molecule has 2 aliphatic rings. The Morgan fingerprint density at radius 2 is 2.20 bits per heavy atom. The first-order valence-corrected chi connectivity index (χ1v) is 4.57. The number of fused-ring (bicyclic) bond motifs is 1. The van der Waals surface area contributed by atoms with Crippen molar-refractivity contribution in [3.63, 3.8) is 0 Å². The lowest BCUT2D eigenvalue weighted by Gasteiger charge is -2.11. The van der Waals surface area contributed by atoms with Gasteiger partial charge < -0.3 is 16.1 Å². The van der Waals surface area contributed by atoms with Crippen molar-refractivity contribution < 1.29 is 13.2 Å². The number of hydrazine groups is 1. The van der Waals surface area contributed by atoms with Crippen LogP contribution < -0.4 is 21.5 Å². The molecule has 0 radical (unpaired) electrons. The second-order valence-corrected chi connectivity index (χ2v) is 3.24. The first-order valence-electron chi connectivity index (χ1n) is 4.57. The molecule has 2 rings (SSSR count). The predicted molar refractivity (Wildman–Crippen MR) is 48.0 cm³/mol. The van der Waals surface area contributed by atoms with Gasteiger partial charge in [-0.1, -0.05) is 0 Å². The van der Waals surface area contributed by atoms with Gasteiger partial charge in [-0.25, -0.2) is 5.43 Å². The Balaban J connectivity index is 2.32. The summed E-state index contributed by atoms with van der Waals surface area (Å²) >= 11 is 0. The lowest BCUT2D eigenvalue weighted by Crippen LogP contribution is -2.40. The van der Waals surface area contributed by atoms with Crippen molar-refractivity contribution >= 4 is 0 Å². The summed E-state index contributed by atoms with van der Waals surface area (Å²) in [7, 11) is 0. The molecule has 4 N–H and O–H groups in total. The summed E-state index contributed by atoms with van der Waals surface area (Å²) in [6.45, 7) is 2.38. The fourth-order valence-electron chi connectivity index (χ4n) is 1.64. The molecule has 2 heterocycles. The summed E-state index contributed by atoms with van der Waals surface area (Å²) in [5, 5.41) is 5.45. The molecule has 0 aromatic carbocycles. The fourth-order valence-corrected chi connectivity index (χ4v) is 1.64. The van der Waals surface area contributed by atoms with Gasteiger partial charge in [0.2, 0.25) is 0 Å². The van der Waals surface area contributed by atoms with Gasteiger partial charge in [0.05, 0.1) is 5.57 Å². The van der Waals surface area contributed by atoms with Crippen molar-refractivity contribution in [2.24, 2.45) is 0 Å². The molecule has 0 aromatic rings. The van der Waals surface area contributed by atoms with Crippen LogP contribution in [0.15, 0.2) is 23.2 Å². The van der Waals surface area contributed by atoms with E-state index in [0.29, 0.717) is 12.4 Å². The molecule has 0 amide bonds. The first kappa shape index (κ1) is 10.2. The highest BCUT2D eigenvalue weighted by atomic mass is 19.4. The number of halogens is 3. The van der Waals surface area contributed by atoms with E-state index in [-0.39, 0.29) is 5.57 Å². The van der Waals surface area contributed by atoms with E-state index < -0.39 is 17.9 Å². The number of nitrogens with one attached hydrogen (secondary N) is 4. The van der Waals surface area contributed by atoms with Crippen molar-refractivity contribution in [3.05, 3.63) is 23.2 Å². The minimum absolute atomic E-state index is 0.198. The second kappa shape index (κ2) is 3.34. The van der Waals surface area contributed by atoms with Gasteiger partial charge in [0.15, 0.2) is 0 Å². The maximum Gasteiger partial charge on any atom is 0.418 e. The number of hydrogen-bond donors (Lipinski definition) is 4. The molecule has 0 bridgehead atoms. The van der Waals surface area contributed by atoms with Gasteiger partial charge >= 0.3 is 6.18 Å². The maximum atomic E-state index is 12.6. The van der Waals surface area contributed by atoms with Crippen LogP contribution in [0.5, 0.6) is 0 Å². The van der Waals surface area contributed by atoms with Gasteiger partial charge in [-0.2, -0.15) is 13.2 Å². The van der Waals surface area contributed by atoms with Crippen LogP contribution in [0.3, 0.4) is 0 Å². The van der Waals surface area contributed by atoms with Crippen LogP contribution in [0.2, 0.25) is 0 Å². The van der Waals surface area contributed by atoms with Crippen LogP contribution in [0, 0.1) is 0 Å². The zero-order chi connectivity index (χ0) is 11.1. The van der Waals surface area contributed by atoms with Crippen molar-refractivity contribution in [2.75, 3.05) is 6.54 Å². The van der Waals surface area contributed by atoms with Crippen LogP contribution in [0.1, 0.15) is 6.92 Å². The van der Waals surface area contributed by atoms with Gasteiger partial charge in [0, 0.05) is 18.3 Å². The molecule has 1 unspecified atom stereocenters. The molecule has 0 aliphatic carbocycles. The van der Waals surface area contributed by atoms with Crippen molar-refractivity contribution in [2.45, 2.75) is 19.3 Å². The summed E-state index contributed by atoms with van der Waals surface area (Å²) in [4.78, 5) is 0.